The Kier molecular flexibility index (Phi) is 9.54. The van der Waals surface area contributed by atoms with Gasteiger partial charge in [0.05, 0.1) is 16.2 Å². The van der Waals surface area contributed by atoms with Crippen molar-refractivity contribution in [2.24, 2.45) is 5.92 Å². The van der Waals surface area contributed by atoms with Crippen LogP contribution in [0.3, 0.4) is 0 Å². The van der Waals surface area contributed by atoms with Crippen molar-refractivity contribution in [2.75, 3.05) is 38.5 Å². The first-order valence-corrected chi connectivity index (χ1v) is 8.92. The summed E-state index contributed by atoms with van der Waals surface area (Å²) in [6.45, 7) is 5.53. The Morgan fingerprint density at radius 3 is 2.65 bits per heavy atom. The van der Waals surface area contributed by atoms with E-state index in [1.165, 1.54) is 25.3 Å². The van der Waals surface area contributed by atoms with Gasteiger partial charge in [0, 0.05) is 19.0 Å². The van der Waals surface area contributed by atoms with Gasteiger partial charge in [-0.25, -0.2) is 0 Å². The fourth-order valence-electron chi connectivity index (χ4n) is 3.28. The highest BCUT2D eigenvalue weighted by Gasteiger charge is 2.20. The molecule has 7 nitrogen and oxygen atoms in total. The zero-order chi connectivity index (χ0) is 18.2. The average molecular weight is 385 g/mol. The number of anilines is 1. The van der Waals surface area contributed by atoms with Crippen molar-refractivity contribution in [2.45, 2.75) is 32.6 Å². The van der Waals surface area contributed by atoms with Crippen LogP contribution in [0.4, 0.5) is 11.4 Å². The van der Waals surface area contributed by atoms with E-state index in [1.54, 1.807) is 19.1 Å². The maximum Gasteiger partial charge on any atom is 0.274 e. The van der Waals surface area contributed by atoms with Crippen LogP contribution in [0.2, 0.25) is 0 Å². The monoisotopic (exact) mass is 384 g/mol. The second-order valence-corrected chi connectivity index (χ2v) is 6.68. The molecule has 146 valence electrons. The van der Waals surface area contributed by atoms with Gasteiger partial charge in [0.15, 0.2) is 0 Å². The smallest absolute Gasteiger partial charge is 0.274 e. The molecule has 0 bridgehead atoms. The Morgan fingerprint density at radius 2 is 2.04 bits per heavy atom. The van der Waals surface area contributed by atoms with Crippen molar-refractivity contribution in [3.63, 3.8) is 0 Å². The summed E-state index contributed by atoms with van der Waals surface area (Å²) in [5.41, 5.74) is 1.04. The third-order valence-corrected chi connectivity index (χ3v) is 4.94. The number of benzene rings is 1. The molecule has 1 aromatic carbocycles. The zero-order valence-corrected chi connectivity index (χ0v) is 16.3. The molecule has 0 aromatic heterocycles. The molecule has 1 aliphatic rings. The molecule has 8 heteroatoms. The molecule has 1 aromatic rings. The second kappa shape index (κ2) is 11.1. The predicted octanol–water partition coefficient (Wildman–Crippen LogP) is 2.98. The largest absolute Gasteiger partial charge is 0.326 e. The molecular formula is C18H29ClN4O3. The van der Waals surface area contributed by atoms with Crippen LogP contribution in [0.5, 0.6) is 0 Å². The number of carbonyl (C=O) groups excluding carboxylic acids is 1. The number of hydrogen-bond donors (Lipinski definition) is 2. The van der Waals surface area contributed by atoms with Gasteiger partial charge in [-0.15, -0.1) is 12.4 Å². The molecule has 0 unspecified atom stereocenters. The first kappa shape index (κ1) is 22.3. The van der Waals surface area contributed by atoms with E-state index < -0.39 is 4.92 Å². The summed E-state index contributed by atoms with van der Waals surface area (Å²) < 4.78 is 0. The number of piperidine rings is 1. The van der Waals surface area contributed by atoms with Gasteiger partial charge >= 0.3 is 0 Å². The third kappa shape index (κ3) is 6.55. The maximum absolute atomic E-state index is 12.2. The molecule has 0 spiro atoms. The molecule has 26 heavy (non-hydrogen) atoms. The minimum atomic E-state index is -0.427. The van der Waals surface area contributed by atoms with Crippen molar-refractivity contribution in [3.05, 3.63) is 33.9 Å². The van der Waals surface area contributed by atoms with Crippen molar-refractivity contribution in [3.8, 4) is 0 Å². The molecule has 0 aliphatic carbocycles. The summed E-state index contributed by atoms with van der Waals surface area (Å²) >= 11 is 0. The van der Waals surface area contributed by atoms with Gasteiger partial charge in [-0.3, -0.25) is 14.9 Å². The van der Waals surface area contributed by atoms with Crippen LogP contribution in [0, 0.1) is 23.0 Å². The number of amides is 1. The van der Waals surface area contributed by atoms with Crippen LogP contribution < -0.4 is 10.6 Å². The van der Waals surface area contributed by atoms with E-state index in [1.807, 2.05) is 7.05 Å². The van der Waals surface area contributed by atoms with Gasteiger partial charge in [-0.05, 0) is 64.9 Å². The van der Waals surface area contributed by atoms with Gasteiger partial charge in [0.2, 0.25) is 5.91 Å². The van der Waals surface area contributed by atoms with E-state index >= 15 is 0 Å². The highest BCUT2D eigenvalue weighted by molar-refractivity contribution is 5.92. The third-order valence-electron chi connectivity index (χ3n) is 4.94. The zero-order valence-electron chi connectivity index (χ0n) is 15.5. The van der Waals surface area contributed by atoms with Crippen LogP contribution in [-0.4, -0.2) is 49.0 Å². The molecular weight excluding hydrogens is 356 g/mol. The maximum atomic E-state index is 12.2. The van der Waals surface area contributed by atoms with E-state index in [2.05, 4.69) is 15.5 Å². The van der Waals surface area contributed by atoms with E-state index in [9.17, 15) is 14.9 Å². The van der Waals surface area contributed by atoms with Crippen molar-refractivity contribution in [1.82, 2.24) is 10.2 Å². The van der Waals surface area contributed by atoms with E-state index in [-0.39, 0.29) is 24.0 Å². The van der Waals surface area contributed by atoms with Crippen molar-refractivity contribution >= 4 is 29.7 Å². The summed E-state index contributed by atoms with van der Waals surface area (Å²) in [4.78, 5) is 25.0. The Balaban J connectivity index is 0.00000338. The molecule has 1 saturated heterocycles. The number of halogens is 1. The number of nitrogens with one attached hydrogen (secondary N) is 2. The molecule has 2 rings (SSSR count). The summed E-state index contributed by atoms with van der Waals surface area (Å²) in [5, 5.41) is 17.0. The first-order chi connectivity index (χ1) is 12.0. The number of nitro benzene ring substituents is 1. The fourth-order valence-corrected chi connectivity index (χ4v) is 3.28. The molecule has 0 radical (unpaired) electrons. The van der Waals surface area contributed by atoms with Gasteiger partial charge in [-0.1, -0.05) is 6.07 Å². The topological polar surface area (TPSA) is 87.5 Å². The lowest BCUT2D eigenvalue weighted by Gasteiger charge is -2.31. The molecule has 1 fully saturated rings. The van der Waals surface area contributed by atoms with Crippen LogP contribution >= 0.6 is 12.4 Å². The number of nitro groups is 1. The van der Waals surface area contributed by atoms with E-state index in [0.29, 0.717) is 17.7 Å². The average Bonchev–Trinajstić information content (AvgIpc) is 2.60. The highest BCUT2D eigenvalue weighted by Crippen LogP contribution is 2.25. The molecule has 1 amide bonds. The summed E-state index contributed by atoms with van der Waals surface area (Å²) in [5.74, 6) is 0.686. The number of hydrogen-bond acceptors (Lipinski definition) is 5. The SMILES string of the molecule is CNCCC1CCN(CCC(=O)Nc2cccc([N+](=O)[O-])c2C)CC1.Cl. The number of nitrogens with zero attached hydrogens (tertiary/aromatic N) is 2. The summed E-state index contributed by atoms with van der Waals surface area (Å²) in [6.07, 6.45) is 4.00. The van der Waals surface area contributed by atoms with Gasteiger partial charge in [0.25, 0.3) is 5.69 Å². The fraction of sp³-hybridized carbons (Fsp3) is 0.611. The Hall–Kier alpha value is -1.70. The van der Waals surface area contributed by atoms with E-state index in [4.69, 9.17) is 0 Å². The lowest BCUT2D eigenvalue weighted by Crippen LogP contribution is -2.36. The van der Waals surface area contributed by atoms with Crippen LogP contribution in [0.15, 0.2) is 18.2 Å². The van der Waals surface area contributed by atoms with Gasteiger partial charge in [0.1, 0.15) is 0 Å². The molecule has 1 heterocycles. The normalized spacial score (nSPS) is 15.3. The minimum absolute atomic E-state index is 0. The highest BCUT2D eigenvalue weighted by atomic mass is 35.5. The lowest BCUT2D eigenvalue weighted by molar-refractivity contribution is -0.385. The molecule has 0 saturated carbocycles. The van der Waals surface area contributed by atoms with Crippen molar-refractivity contribution in [1.29, 1.82) is 0 Å². The molecule has 1 aliphatic heterocycles. The summed E-state index contributed by atoms with van der Waals surface area (Å²) in [6, 6.07) is 4.74. The quantitative estimate of drug-likeness (QED) is 0.531. The predicted molar refractivity (Wildman–Crippen MR) is 106 cm³/mol. The standard InChI is InChI=1S/C18H28N4O3.ClH/c1-14-16(4-3-5-17(14)22(24)25)20-18(23)9-13-21-11-7-15(8-12-21)6-10-19-2;/h3-5,15,19H,6-13H2,1-2H3,(H,20,23);1H. The van der Waals surface area contributed by atoms with Gasteiger partial charge in [-0.2, -0.15) is 0 Å². The number of carbonyl (C=O) groups is 1. The lowest BCUT2D eigenvalue weighted by atomic mass is 9.93. The van der Waals surface area contributed by atoms with Crippen molar-refractivity contribution < 1.29 is 9.72 Å². The number of rotatable bonds is 8. The summed E-state index contributed by atoms with van der Waals surface area (Å²) in [7, 11) is 1.98. The Labute approximate surface area is 161 Å². The Bertz CT molecular complexity index is 604. The van der Waals surface area contributed by atoms with Crippen LogP contribution in [-0.2, 0) is 4.79 Å². The van der Waals surface area contributed by atoms with E-state index in [0.717, 1.165) is 32.1 Å². The second-order valence-electron chi connectivity index (χ2n) is 6.68. The van der Waals surface area contributed by atoms with Gasteiger partial charge < -0.3 is 15.5 Å². The van der Waals surface area contributed by atoms with Crippen LogP contribution in [0.25, 0.3) is 0 Å². The minimum Gasteiger partial charge on any atom is -0.326 e. The molecule has 2 N–H and O–H groups in total. The first-order valence-electron chi connectivity index (χ1n) is 8.92. The van der Waals surface area contributed by atoms with Crippen LogP contribution in [0.1, 0.15) is 31.2 Å². The molecule has 0 atom stereocenters. The Morgan fingerprint density at radius 1 is 1.35 bits per heavy atom. The number of likely N-dealkylation sites (tertiary alicyclic amines) is 1.